The van der Waals surface area contributed by atoms with Crippen molar-refractivity contribution in [2.24, 2.45) is 5.92 Å². The molecule has 2 fully saturated rings. The Morgan fingerprint density at radius 3 is 2.38 bits per heavy atom. The maximum absolute atomic E-state index is 14.3. The van der Waals surface area contributed by atoms with Crippen LogP contribution in [-0.4, -0.2) is 52.2 Å². The molecular weight excluding hydrogens is 540 g/mol. The molecule has 2 aliphatic heterocycles. The number of nitriles is 1. The molecule has 40 heavy (non-hydrogen) atoms. The van der Waals surface area contributed by atoms with Crippen molar-refractivity contribution in [1.82, 2.24) is 19.9 Å². The van der Waals surface area contributed by atoms with Gasteiger partial charge in [0.1, 0.15) is 5.82 Å². The van der Waals surface area contributed by atoms with Crippen LogP contribution in [0.3, 0.4) is 0 Å². The maximum atomic E-state index is 14.3. The zero-order valence-electron chi connectivity index (χ0n) is 21.0. The Labute approximate surface area is 225 Å². The number of likely N-dealkylation sites (tertiary alicyclic amines) is 2. The number of carbonyl (C=O) groups excluding carboxylic acids is 1. The van der Waals surface area contributed by atoms with Crippen molar-refractivity contribution >= 4 is 6.03 Å². The number of urea groups is 1. The summed E-state index contributed by atoms with van der Waals surface area (Å²) in [6.45, 7) is 0.959. The molecule has 1 aromatic heterocycles. The molecular formula is C27H23F6N5O2. The maximum Gasteiger partial charge on any atom is 0.416 e. The molecule has 13 heteroatoms. The van der Waals surface area contributed by atoms with Crippen LogP contribution in [0.4, 0.5) is 31.1 Å². The number of alkyl halides is 3. The molecule has 3 heterocycles. The Hall–Kier alpha value is -4.08. The van der Waals surface area contributed by atoms with Gasteiger partial charge in [-0.25, -0.2) is 18.0 Å². The van der Waals surface area contributed by atoms with Crippen LogP contribution in [0, 0.1) is 34.7 Å². The number of nitrogens with zero attached hydrogens (tertiary/aromatic N) is 5. The molecule has 2 saturated heterocycles. The molecule has 2 aliphatic rings. The molecule has 2 amide bonds. The van der Waals surface area contributed by atoms with Crippen molar-refractivity contribution in [2.75, 3.05) is 26.2 Å². The van der Waals surface area contributed by atoms with E-state index in [1.54, 1.807) is 11.0 Å². The number of hydrogen-bond acceptors (Lipinski definition) is 5. The normalized spacial score (nSPS) is 20.4. The Morgan fingerprint density at radius 2 is 1.68 bits per heavy atom. The van der Waals surface area contributed by atoms with Crippen molar-refractivity contribution in [3.05, 3.63) is 70.9 Å². The summed E-state index contributed by atoms with van der Waals surface area (Å²) in [4.78, 5) is 20.8. The Morgan fingerprint density at radius 1 is 0.975 bits per heavy atom. The largest absolute Gasteiger partial charge is 0.416 e. The summed E-state index contributed by atoms with van der Waals surface area (Å²) in [6, 6.07) is 7.71. The van der Waals surface area contributed by atoms with Crippen LogP contribution in [0.1, 0.15) is 48.1 Å². The molecule has 0 bridgehead atoms. The highest BCUT2D eigenvalue weighted by molar-refractivity contribution is 5.75. The van der Waals surface area contributed by atoms with Crippen molar-refractivity contribution < 1.29 is 35.7 Å². The number of benzene rings is 2. The van der Waals surface area contributed by atoms with E-state index in [2.05, 4.69) is 16.2 Å². The first-order valence-electron chi connectivity index (χ1n) is 12.6. The third kappa shape index (κ3) is 5.61. The summed E-state index contributed by atoms with van der Waals surface area (Å²) < 4.78 is 87.1. The van der Waals surface area contributed by atoms with Crippen LogP contribution in [0.15, 0.2) is 40.9 Å². The van der Waals surface area contributed by atoms with E-state index in [9.17, 15) is 31.1 Å². The lowest BCUT2D eigenvalue weighted by molar-refractivity contribution is -0.137. The van der Waals surface area contributed by atoms with Crippen LogP contribution in [-0.2, 0) is 6.18 Å². The monoisotopic (exact) mass is 563 g/mol. The highest BCUT2D eigenvalue weighted by atomic mass is 19.4. The van der Waals surface area contributed by atoms with Crippen LogP contribution < -0.4 is 0 Å². The summed E-state index contributed by atoms with van der Waals surface area (Å²) in [5, 5.41) is 12.9. The van der Waals surface area contributed by atoms with E-state index in [0.717, 1.165) is 12.1 Å². The van der Waals surface area contributed by atoms with Gasteiger partial charge in [0.2, 0.25) is 11.7 Å². The van der Waals surface area contributed by atoms with Gasteiger partial charge in [-0.1, -0.05) is 23.4 Å². The summed E-state index contributed by atoms with van der Waals surface area (Å²) >= 11 is 0. The quantitative estimate of drug-likeness (QED) is 0.284. The van der Waals surface area contributed by atoms with Gasteiger partial charge in [0.25, 0.3) is 0 Å². The predicted molar refractivity (Wildman–Crippen MR) is 128 cm³/mol. The third-order valence-electron chi connectivity index (χ3n) is 7.40. The molecule has 210 valence electrons. The predicted octanol–water partition coefficient (Wildman–Crippen LogP) is 6.10. The molecule has 3 aromatic rings. The van der Waals surface area contributed by atoms with E-state index in [1.807, 2.05) is 0 Å². The van der Waals surface area contributed by atoms with Gasteiger partial charge < -0.3 is 14.3 Å². The minimum Gasteiger partial charge on any atom is -0.339 e. The smallest absolute Gasteiger partial charge is 0.339 e. The zero-order chi connectivity index (χ0) is 28.6. The molecule has 0 radical (unpaired) electrons. The second kappa shape index (κ2) is 10.8. The van der Waals surface area contributed by atoms with Crippen LogP contribution in [0.25, 0.3) is 11.4 Å². The molecule has 0 spiro atoms. The van der Waals surface area contributed by atoms with E-state index in [4.69, 9.17) is 9.78 Å². The number of hydrogen-bond donors (Lipinski definition) is 0. The zero-order valence-corrected chi connectivity index (χ0v) is 21.0. The van der Waals surface area contributed by atoms with Crippen molar-refractivity contribution in [3.8, 4) is 17.5 Å². The average Bonchev–Trinajstić information content (AvgIpc) is 3.44. The van der Waals surface area contributed by atoms with E-state index in [0.29, 0.717) is 43.6 Å². The number of aromatic nitrogens is 2. The van der Waals surface area contributed by atoms with Gasteiger partial charge in [0.05, 0.1) is 23.1 Å². The van der Waals surface area contributed by atoms with Gasteiger partial charge in [-0.15, -0.1) is 0 Å². The minimum absolute atomic E-state index is 0.0169. The fourth-order valence-corrected chi connectivity index (χ4v) is 5.25. The van der Waals surface area contributed by atoms with Crippen molar-refractivity contribution in [1.29, 1.82) is 5.26 Å². The summed E-state index contributed by atoms with van der Waals surface area (Å²) in [5.74, 6) is -5.45. The van der Waals surface area contributed by atoms with Gasteiger partial charge in [0.15, 0.2) is 11.6 Å². The molecule has 7 nitrogen and oxygen atoms in total. The number of piperidine rings is 2. The Bertz CT molecular complexity index is 1440. The van der Waals surface area contributed by atoms with Crippen LogP contribution >= 0.6 is 0 Å². The standard InChI is InChI=1S/C27H23F6N5O2/c28-21-11-23(30)22(29)10-20(21)24-35-25(40-36-24)18-8-17(16-2-1-3-19(9-16)27(31,32)33)13-38(14-18)26(39)37-6-4-15(12-34)5-7-37/h1-3,9-11,15,17-18H,4-8,13-14H2. The minimum atomic E-state index is -4.55. The highest BCUT2D eigenvalue weighted by Gasteiger charge is 2.38. The number of amides is 2. The number of halogens is 6. The SMILES string of the molecule is N#CC1CCN(C(=O)N2CC(c3cccc(C(F)(F)F)c3)CC(c3nc(-c4cc(F)c(F)cc4F)no3)C2)CC1. The van der Waals surface area contributed by atoms with Crippen molar-refractivity contribution in [3.63, 3.8) is 0 Å². The van der Waals surface area contributed by atoms with Crippen LogP contribution in [0.2, 0.25) is 0 Å². The molecule has 2 aromatic carbocycles. The first kappa shape index (κ1) is 27.5. The van der Waals surface area contributed by atoms with Crippen LogP contribution in [0.5, 0.6) is 0 Å². The first-order valence-corrected chi connectivity index (χ1v) is 12.6. The Kier molecular flexibility index (Phi) is 7.44. The van der Waals surface area contributed by atoms with E-state index in [-0.39, 0.29) is 43.2 Å². The lowest BCUT2D eigenvalue weighted by atomic mass is 9.84. The molecule has 0 saturated carbocycles. The van der Waals surface area contributed by atoms with E-state index in [1.165, 1.54) is 11.0 Å². The van der Waals surface area contributed by atoms with Gasteiger partial charge in [-0.3, -0.25) is 0 Å². The lowest BCUT2D eigenvalue weighted by Gasteiger charge is -2.40. The van der Waals surface area contributed by atoms with Gasteiger partial charge >= 0.3 is 12.2 Å². The van der Waals surface area contributed by atoms with Gasteiger partial charge in [0, 0.05) is 44.1 Å². The molecule has 5 rings (SSSR count). The van der Waals surface area contributed by atoms with E-state index < -0.39 is 46.6 Å². The van der Waals surface area contributed by atoms with E-state index >= 15 is 0 Å². The Balaban J connectivity index is 1.45. The van der Waals surface area contributed by atoms with Gasteiger partial charge in [-0.2, -0.15) is 23.4 Å². The van der Waals surface area contributed by atoms with Gasteiger partial charge in [-0.05, 0) is 37.0 Å². The fraction of sp³-hybridized carbons (Fsp3) is 0.407. The first-order chi connectivity index (χ1) is 19.0. The average molecular weight is 564 g/mol. The highest BCUT2D eigenvalue weighted by Crippen LogP contribution is 2.39. The summed E-state index contributed by atoms with van der Waals surface area (Å²) in [6.07, 6.45) is -3.28. The second-order valence-corrected chi connectivity index (χ2v) is 10.0. The number of carbonyl (C=O) groups is 1. The fourth-order valence-electron chi connectivity index (χ4n) is 5.25. The molecule has 0 aliphatic carbocycles. The molecule has 2 atom stereocenters. The second-order valence-electron chi connectivity index (χ2n) is 10.0. The lowest BCUT2D eigenvalue weighted by Crippen LogP contribution is -2.51. The molecule has 0 N–H and O–H groups in total. The topological polar surface area (TPSA) is 86.3 Å². The third-order valence-corrected chi connectivity index (χ3v) is 7.40. The number of rotatable bonds is 3. The van der Waals surface area contributed by atoms with Crippen molar-refractivity contribution in [2.45, 2.75) is 37.3 Å². The summed E-state index contributed by atoms with van der Waals surface area (Å²) in [7, 11) is 0. The summed E-state index contributed by atoms with van der Waals surface area (Å²) in [5.41, 5.74) is -0.878. The molecule has 2 unspecified atom stereocenters.